The molecule has 1 aliphatic rings. The smallest absolute Gasteiger partial charge is 0.355 e. The molecule has 0 radical (unpaired) electrons. The SMILES string of the molecule is C=CC(=O)N1CCN(c2nc(=O)n(-c3c(C)ccnc3N(C)C)c3nc(-c4ccccc4F)c(Cl)cc23)C(C)C1. The van der Waals surface area contributed by atoms with Crippen molar-refractivity contribution in [2.24, 2.45) is 0 Å². The van der Waals surface area contributed by atoms with Gasteiger partial charge in [0.25, 0.3) is 0 Å². The molecule has 4 heterocycles. The number of piperazine rings is 1. The van der Waals surface area contributed by atoms with Crippen molar-refractivity contribution < 1.29 is 9.18 Å². The van der Waals surface area contributed by atoms with Crippen LogP contribution in [0.15, 0.2) is 60.0 Å². The number of nitrogens with zero attached hydrogens (tertiary/aromatic N) is 7. The van der Waals surface area contributed by atoms with Crippen LogP contribution in [0.2, 0.25) is 5.02 Å². The third kappa shape index (κ3) is 4.68. The number of hydrogen-bond acceptors (Lipinski definition) is 7. The molecule has 11 heteroatoms. The van der Waals surface area contributed by atoms with E-state index in [1.54, 1.807) is 46.3 Å². The van der Waals surface area contributed by atoms with Gasteiger partial charge in [-0.25, -0.2) is 23.7 Å². The molecule has 1 aliphatic heterocycles. The molecule has 206 valence electrons. The maximum Gasteiger partial charge on any atom is 0.355 e. The van der Waals surface area contributed by atoms with Crippen LogP contribution in [0.5, 0.6) is 0 Å². The quantitative estimate of drug-likeness (QED) is 0.337. The van der Waals surface area contributed by atoms with E-state index in [9.17, 15) is 14.0 Å². The molecule has 9 nitrogen and oxygen atoms in total. The Morgan fingerprint density at radius 1 is 1.20 bits per heavy atom. The van der Waals surface area contributed by atoms with Gasteiger partial charge < -0.3 is 14.7 Å². The first-order valence-electron chi connectivity index (χ1n) is 12.8. The van der Waals surface area contributed by atoms with Crippen LogP contribution in [0.25, 0.3) is 28.0 Å². The summed E-state index contributed by atoms with van der Waals surface area (Å²) in [5.41, 5.74) is 1.44. The van der Waals surface area contributed by atoms with Crippen molar-refractivity contribution in [3.8, 4) is 16.9 Å². The highest BCUT2D eigenvalue weighted by molar-refractivity contribution is 6.33. The number of benzene rings is 1. The molecule has 0 saturated carbocycles. The van der Waals surface area contributed by atoms with E-state index in [2.05, 4.69) is 16.5 Å². The van der Waals surface area contributed by atoms with Gasteiger partial charge in [0.15, 0.2) is 11.5 Å². The molecule has 1 amide bonds. The Hall–Kier alpha value is -4.31. The Kier molecular flexibility index (Phi) is 7.29. The van der Waals surface area contributed by atoms with Crippen molar-refractivity contribution in [1.29, 1.82) is 0 Å². The molecule has 0 spiro atoms. The summed E-state index contributed by atoms with van der Waals surface area (Å²) >= 11 is 6.74. The molecule has 0 aliphatic carbocycles. The lowest BCUT2D eigenvalue weighted by Crippen LogP contribution is -2.54. The number of amides is 1. The molecule has 4 aromatic rings. The number of anilines is 2. The third-order valence-corrected chi connectivity index (χ3v) is 7.36. The Balaban J connectivity index is 1.81. The van der Waals surface area contributed by atoms with Gasteiger partial charge in [0.05, 0.1) is 21.8 Å². The van der Waals surface area contributed by atoms with Crippen LogP contribution in [0.1, 0.15) is 12.5 Å². The van der Waals surface area contributed by atoms with Gasteiger partial charge in [0.1, 0.15) is 11.6 Å². The number of hydrogen-bond donors (Lipinski definition) is 0. The van der Waals surface area contributed by atoms with Crippen LogP contribution in [-0.4, -0.2) is 70.1 Å². The van der Waals surface area contributed by atoms with Gasteiger partial charge in [0, 0.05) is 51.5 Å². The largest absolute Gasteiger partial charge is 0.361 e. The average molecular weight is 562 g/mol. The lowest BCUT2D eigenvalue weighted by Gasteiger charge is -2.40. The van der Waals surface area contributed by atoms with Crippen molar-refractivity contribution >= 4 is 40.2 Å². The van der Waals surface area contributed by atoms with Crippen LogP contribution in [0.4, 0.5) is 16.0 Å². The first-order valence-corrected chi connectivity index (χ1v) is 13.2. The van der Waals surface area contributed by atoms with Gasteiger partial charge in [-0.2, -0.15) is 4.98 Å². The molecule has 1 saturated heterocycles. The van der Waals surface area contributed by atoms with Crippen molar-refractivity contribution in [2.45, 2.75) is 19.9 Å². The summed E-state index contributed by atoms with van der Waals surface area (Å²) in [6.07, 6.45) is 2.97. The van der Waals surface area contributed by atoms with Crippen LogP contribution in [0, 0.1) is 12.7 Å². The number of pyridine rings is 2. The summed E-state index contributed by atoms with van der Waals surface area (Å²) in [4.78, 5) is 45.5. The second kappa shape index (κ2) is 10.7. The topological polar surface area (TPSA) is 87.5 Å². The highest BCUT2D eigenvalue weighted by atomic mass is 35.5. The van der Waals surface area contributed by atoms with Crippen LogP contribution < -0.4 is 15.5 Å². The fourth-order valence-corrected chi connectivity index (χ4v) is 5.36. The van der Waals surface area contributed by atoms with Gasteiger partial charge in [-0.3, -0.25) is 4.79 Å². The van der Waals surface area contributed by atoms with E-state index >= 15 is 0 Å². The third-order valence-electron chi connectivity index (χ3n) is 7.07. The first kappa shape index (κ1) is 27.3. The van der Waals surface area contributed by atoms with Crippen molar-refractivity contribution in [3.63, 3.8) is 0 Å². The number of carbonyl (C=O) groups is 1. The molecule has 1 unspecified atom stereocenters. The minimum absolute atomic E-state index is 0.151. The standard InChI is InChI=1S/C29H29ClFN7O2/c1-6-23(39)36-13-14-37(18(3)16-36)26-20-15-21(30)24(19-9-7-8-10-22(19)31)33-27(20)38(29(40)34-26)25-17(2)11-12-32-28(25)35(4)5/h6-12,15,18H,1,13-14,16H2,2-5H3. The number of carbonyl (C=O) groups excluding carboxylic acids is 1. The molecule has 40 heavy (non-hydrogen) atoms. The Labute approximate surface area is 236 Å². The number of aryl methyl sites for hydroxylation is 1. The maximum absolute atomic E-state index is 14.9. The molecular weight excluding hydrogens is 533 g/mol. The van der Waals surface area contributed by atoms with Crippen LogP contribution in [-0.2, 0) is 4.79 Å². The predicted octanol–water partition coefficient (Wildman–Crippen LogP) is 4.23. The molecule has 1 fully saturated rings. The highest BCUT2D eigenvalue weighted by Gasteiger charge is 2.30. The van der Waals surface area contributed by atoms with Crippen molar-refractivity contribution in [3.05, 3.63) is 82.1 Å². The fourth-order valence-electron chi connectivity index (χ4n) is 5.11. The van der Waals surface area contributed by atoms with E-state index in [0.29, 0.717) is 42.3 Å². The van der Waals surface area contributed by atoms with E-state index in [1.807, 2.05) is 32.8 Å². The molecule has 3 aromatic heterocycles. The highest BCUT2D eigenvalue weighted by Crippen LogP contribution is 2.36. The van der Waals surface area contributed by atoms with Crippen molar-refractivity contribution in [1.82, 2.24) is 24.4 Å². The minimum atomic E-state index is -0.562. The Morgan fingerprint density at radius 3 is 2.62 bits per heavy atom. The second-order valence-corrected chi connectivity index (χ2v) is 10.4. The minimum Gasteiger partial charge on any atom is -0.361 e. The molecule has 1 atom stereocenters. The zero-order valence-electron chi connectivity index (χ0n) is 22.7. The van der Waals surface area contributed by atoms with Crippen LogP contribution >= 0.6 is 11.6 Å². The van der Waals surface area contributed by atoms with Gasteiger partial charge in [0.2, 0.25) is 5.91 Å². The second-order valence-electron chi connectivity index (χ2n) is 9.95. The van der Waals surface area contributed by atoms with Gasteiger partial charge in [-0.05, 0) is 49.8 Å². The number of rotatable bonds is 5. The fraction of sp³-hybridized carbons (Fsp3) is 0.276. The van der Waals surface area contributed by atoms with E-state index in [1.165, 1.54) is 16.7 Å². The molecule has 5 rings (SSSR count). The maximum atomic E-state index is 14.9. The Morgan fingerprint density at radius 2 is 1.95 bits per heavy atom. The summed E-state index contributed by atoms with van der Waals surface area (Å²) in [5.74, 6) is 0.314. The predicted molar refractivity (Wildman–Crippen MR) is 156 cm³/mol. The van der Waals surface area contributed by atoms with Gasteiger partial charge in [-0.1, -0.05) is 30.3 Å². The Bertz CT molecular complexity index is 1700. The zero-order chi connectivity index (χ0) is 28.7. The monoisotopic (exact) mass is 561 g/mol. The van der Waals surface area contributed by atoms with Crippen LogP contribution in [0.3, 0.4) is 0 Å². The summed E-state index contributed by atoms with van der Waals surface area (Å²) in [6.45, 7) is 8.72. The molecular formula is C29H29ClFN7O2. The zero-order valence-corrected chi connectivity index (χ0v) is 23.5. The van der Waals surface area contributed by atoms with E-state index < -0.39 is 11.5 Å². The van der Waals surface area contributed by atoms with Crippen molar-refractivity contribution in [2.75, 3.05) is 43.5 Å². The lowest BCUT2D eigenvalue weighted by molar-refractivity contribution is -0.126. The van der Waals surface area contributed by atoms with E-state index in [0.717, 1.165) is 5.56 Å². The summed E-state index contributed by atoms with van der Waals surface area (Å²) in [7, 11) is 3.67. The molecule has 0 bridgehead atoms. The molecule has 0 N–H and O–H groups in total. The average Bonchev–Trinajstić information content (AvgIpc) is 2.93. The van der Waals surface area contributed by atoms with E-state index in [-0.39, 0.29) is 33.9 Å². The van der Waals surface area contributed by atoms with E-state index in [4.69, 9.17) is 16.6 Å². The van der Waals surface area contributed by atoms with Gasteiger partial charge >= 0.3 is 5.69 Å². The lowest BCUT2D eigenvalue weighted by atomic mass is 10.1. The van der Waals surface area contributed by atoms with Gasteiger partial charge in [-0.15, -0.1) is 0 Å². The number of fused-ring (bicyclic) bond motifs is 1. The summed E-state index contributed by atoms with van der Waals surface area (Å²) in [5, 5.41) is 0.739. The summed E-state index contributed by atoms with van der Waals surface area (Å²) in [6, 6.07) is 9.55. The molecule has 1 aromatic carbocycles. The number of halogens is 2. The normalized spacial score (nSPS) is 15.4. The number of aromatic nitrogens is 4. The first-order chi connectivity index (χ1) is 19.1. The summed E-state index contributed by atoms with van der Waals surface area (Å²) < 4.78 is 16.3.